The number of carbonyl (C=O) groups is 2. The number of nitrogens with zero attached hydrogens (tertiary/aromatic N) is 2. The summed E-state index contributed by atoms with van der Waals surface area (Å²) in [5.41, 5.74) is 0.406. The number of aromatic nitrogens is 2. The van der Waals surface area contributed by atoms with Crippen molar-refractivity contribution in [2.45, 2.75) is 46.4 Å². The molecule has 0 aliphatic heterocycles. The van der Waals surface area contributed by atoms with E-state index in [2.05, 4.69) is 10.4 Å². The Morgan fingerprint density at radius 2 is 1.66 bits per heavy atom. The Bertz CT molecular complexity index is 1190. The first-order valence-electron chi connectivity index (χ1n) is 10.4. The number of carbonyl (C=O) groups excluding carboxylic acids is 2. The number of hydrogen-bond donors (Lipinski definition) is 1. The van der Waals surface area contributed by atoms with Gasteiger partial charge in [-0.1, -0.05) is 44.2 Å². The maximum atomic E-state index is 13.1. The number of halogens is 1. The van der Waals surface area contributed by atoms with Crippen LogP contribution in [0.25, 0.3) is 10.8 Å². The number of esters is 1. The van der Waals surface area contributed by atoms with Crippen LogP contribution in [0.4, 0.5) is 4.39 Å². The summed E-state index contributed by atoms with van der Waals surface area (Å²) >= 11 is 0. The Balaban J connectivity index is 1.80. The number of ether oxygens (including phenoxy) is 1. The SMILES string of the molecule is CC(C)Cn1nc(C(=O)OC(C)C(=O)NC(C)c2ccc(F)cc2)c2ccccc2c1=O. The van der Waals surface area contributed by atoms with Gasteiger partial charge in [0.15, 0.2) is 11.8 Å². The third kappa shape index (κ3) is 5.19. The molecule has 0 bridgehead atoms. The smallest absolute Gasteiger partial charge is 0.360 e. The van der Waals surface area contributed by atoms with Crippen molar-refractivity contribution in [3.63, 3.8) is 0 Å². The number of benzene rings is 2. The zero-order valence-corrected chi connectivity index (χ0v) is 18.5. The zero-order chi connectivity index (χ0) is 23.4. The van der Waals surface area contributed by atoms with Gasteiger partial charge in [-0.05, 0) is 43.5 Å². The lowest BCUT2D eigenvalue weighted by molar-refractivity contribution is -0.129. The molecule has 8 heteroatoms. The molecule has 2 aromatic carbocycles. The fourth-order valence-corrected chi connectivity index (χ4v) is 3.29. The number of fused-ring (bicyclic) bond motifs is 1. The fraction of sp³-hybridized carbons (Fsp3) is 0.333. The molecule has 168 valence electrons. The number of amides is 1. The molecule has 0 aliphatic carbocycles. The molecular weight excluding hydrogens is 413 g/mol. The van der Waals surface area contributed by atoms with E-state index in [1.165, 1.54) is 23.7 Å². The fourth-order valence-electron chi connectivity index (χ4n) is 3.29. The molecule has 0 saturated heterocycles. The number of nitrogens with one attached hydrogen (secondary N) is 1. The van der Waals surface area contributed by atoms with Gasteiger partial charge in [0.05, 0.1) is 11.4 Å². The van der Waals surface area contributed by atoms with E-state index in [0.717, 1.165) is 0 Å². The van der Waals surface area contributed by atoms with Crippen LogP contribution >= 0.6 is 0 Å². The molecule has 1 heterocycles. The van der Waals surface area contributed by atoms with E-state index in [9.17, 15) is 18.8 Å². The summed E-state index contributed by atoms with van der Waals surface area (Å²) in [5, 5.41) is 7.70. The second-order valence-electron chi connectivity index (χ2n) is 8.10. The van der Waals surface area contributed by atoms with Crippen molar-refractivity contribution in [1.29, 1.82) is 0 Å². The van der Waals surface area contributed by atoms with Crippen LogP contribution in [-0.4, -0.2) is 27.8 Å². The van der Waals surface area contributed by atoms with E-state index < -0.39 is 24.0 Å². The first-order valence-corrected chi connectivity index (χ1v) is 10.4. The van der Waals surface area contributed by atoms with Crippen molar-refractivity contribution in [2.75, 3.05) is 0 Å². The third-order valence-corrected chi connectivity index (χ3v) is 4.98. The highest BCUT2D eigenvalue weighted by Gasteiger charge is 2.24. The van der Waals surface area contributed by atoms with Crippen LogP contribution in [0, 0.1) is 11.7 Å². The number of rotatable bonds is 7. The molecule has 0 radical (unpaired) electrons. The molecule has 1 N–H and O–H groups in total. The maximum absolute atomic E-state index is 13.1. The monoisotopic (exact) mass is 439 g/mol. The van der Waals surface area contributed by atoms with Gasteiger partial charge in [0.2, 0.25) is 0 Å². The molecule has 2 atom stereocenters. The molecule has 3 rings (SSSR count). The van der Waals surface area contributed by atoms with Crippen LogP contribution in [0.5, 0.6) is 0 Å². The van der Waals surface area contributed by atoms with Crippen molar-refractivity contribution in [3.8, 4) is 0 Å². The van der Waals surface area contributed by atoms with Gasteiger partial charge < -0.3 is 10.1 Å². The minimum atomic E-state index is -1.10. The molecule has 1 aromatic heterocycles. The van der Waals surface area contributed by atoms with E-state index in [4.69, 9.17) is 4.74 Å². The molecule has 2 unspecified atom stereocenters. The predicted molar refractivity (Wildman–Crippen MR) is 119 cm³/mol. The lowest BCUT2D eigenvalue weighted by Crippen LogP contribution is -2.38. The predicted octanol–water partition coefficient (Wildman–Crippen LogP) is 3.61. The molecule has 32 heavy (non-hydrogen) atoms. The van der Waals surface area contributed by atoms with Gasteiger partial charge in [-0.2, -0.15) is 5.10 Å². The average Bonchev–Trinajstić information content (AvgIpc) is 2.75. The highest BCUT2D eigenvalue weighted by Crippen LogP contribution is 2.17. The summed E-state index contributed by atoms with van der Waals surface area (Å²) in [6.07, 6.45) is -1.10. The van der Waals surface area contributed by atoms with E-state index in [1.807, 2.05) is 13.8 Å². The normalized spacial score (nSPS) is 13.1. The van der Waals surface area contributed by atoms with Crippen LogP contribution in [0.2, 0.25) is 0 Å². The Morgan fingerprint density at radius 3 is 2.28 bits per heavy atom. The largest absolute Gasteiger partial charge is 0.448 e. The molecule has 7 nitrogen and oxygen atoms in total. The second-order valence-corrected chi connectivity index (χ2v) is 8.10. The summed E-state index contributed by atoms with van der Waals surface area (Å²) in [6.45, 7) is 7.43. The van der Waals surface area contributed by atoms with Crippen LogP contribution in [0.15, 0.2) is 53.3 Å². The van der Waals surface area contributed by atoms with Gasteiger partial charge >= 0.3 is 5.97 Å². The van der Waals surface area contributed by atoms with E-state index >= 15 is 0 Å². The first kappa shape index (κ1) is 23.1. The third-order valence-electron chi connectivity index (χ3n) is 4.98. The van der Waals surface area contributed by atoms with Crippen LogP contribution in [0.3, 0.4) is 0 Å². The van der Waals surface area contributed by atoms with Crippen LogP contribution in [-0.2, 0) is 16.1 Å². The van der Waals surface area contributed by atoms with E-state index in [-0.39, 0.29) is 23.0 Å². The van der Waals surface area contributed by atoms with Gasteiger partial charge in [0, 0.05) is 11.9 Å². The molecule has 0 aliphatic rings. The van der Waals surface area contributed by atoms with Gasteiger partial charge in [-0.25, -0.2) is 13.9 Å². The minimum Gasteiger partial charge on any atom is -0.448 e. The summed E-state index contributed by atoms with van der Waals surface area (Å²) in [7, 11) is 0. The Labute approximate surface area is 185 Å². The summed E-state index contributed by atoms with van der Waals surface area (Å²) < 4.78 is 19.7. The van der Waals surface area contributed by atoms with Gasteiger partial charge in [0.25, 0.3) is 11.5 Å². The van der Waals surface area contributed by atoms with Crippen molar-refractivity contribution in [3.05, 3.63) is 76.0 Å². The summed E-state index contributed by atoms with van der Waals surface area (Å²) in [5.74, 6) is -1.53. The van der Waals surface area contributed by atoms with Crippen molar-refractivity contribution >= 4 is 22.6 Å². The van der Waals surface area contributed by atoms with E-state index in [0.29, 0.717) is 22.9 Å². The topological polar surface area (TPSA) is 90.3 Å². The molecule has 3 aromatic rings. The van der Waals surface area contributed by atoms with Crippen molar-refractivity contribution in [2.24, 2.45) is 5.92 Å². The molecule has 0 fully saturated rings. The quantitative estimate of drug-likeness (QED) is 0.568. The highest BCUT2D eigenvalue weighted by molar-refractivity contribution is 6.02. The van der Waals surface area contributed by atoms with Crippen molar-refractivity contribution < 1.29 is 18.7 Å². The second kappa shape index (κ2) is 9.72. The number of hydrogen-bond acceptors (Lipinski definition) is 5. The van der Waals surface area contributed by atoms with Crippen molar-refractivity contribution in [1.82, 2.24) is 15.1 Å². The van der Waals surface area contributed by atoms with Gasteiger partial charge in [-0.15, -0.1) is 0 Å². The lowest BCUT2D eigenvalue weighted by atomic mass is 10.1. The van der Waals surface area contributed by atoms with Gasteiger partial charge in [-0.3, -0.25) is 9.59 Å². The Hall–Kier alpha value is -3.55. The average molecular weight is 439 g/mol. The zero-order valence-electron chi connectivity index (χ0n) is 18.5. The molecule has 1 amide bonds. The standard InChI is InChI=1S/C24H26FN3O4/c1-14(2)13-28-23(30)20-8-6-5-7-19(20)21(27-28)24(31)32-16(4)22(29)26-15(3)17-9-11-18(25)12-10-17/h5-12,14-16H,13H2,1-4H3,(H,26,29). The Morgan fingerprint density at radius 1 is 1.03 bits per heavy atom. The highest BCUT2D eigenvalue weighted by atomic mass is 19.1. The summed E-state index contributed by atoms with van der Waals surface area (Å²) in [6, 6.07) is 12.0. The maximum Gasteiger partial charge on any atom is 0.360 e. The Kier molecular flexibility index (Phi) is 7.02. The van der Waals surface area contributed by atoms with Gasteiger partial charge in [0.1, 0.15) is 5.82 Å². The molecular formula is C24H26FN3O4. The first-order chi connectivity index (χ1) is 15.2. The molecule has 0 spiro atoms. The molecule has 0 saturated carbocycles. The minimum absolute atomic E-state index is 0.0212. The van der Waals surface area contributed by atoms with E-state index in [1.54, 1.807) is 43.3 Å². The van der Waals surface area contributed by atoms with Crippen LogP contribution < -0.4 is 10.9 Å². The van der Waals surface area contributed by atoms with Crippen LogP contribution in [0.1, 0.15) is 49.8 Å². The lowest BCUT2D eigenvalue weighted by Gasteiger charge is -2.19. The summed E-state index contributed by atoms with van der Waals surface area (Å²) in [4.78, 5) is 38.2.